The second-order valence-electron chi connectivity index (χ2n) is 11.1. The van der Waals surface area contributed by atoms with Crippen LogP contribution in [0.5, 0.6) is 0 Å². The molecule has 9 heteroatoms. The molecule has 5 aromatic carbocycles. The molecule has 0 N–H and O–H groups in total. The molecule has 238 valence electrons. The van der Waals surface area contributed by atoms with Crippen molar-refractivity contribution in [1.29, 1.82) is 0 Å². The Morgan fingerprint density at radius 2 is 1.21 bits per heavy atom. The lowest BCUT2D eigenvalue weighted by Gasteiger charge is -2.26. The van der Waals surface area contributed by atoms with Gasteiger partial charge in [0.05, 0.1) is 5.71 Å². The smallest absolute Gasteiger partial charge is 0.318 e. The van der Waals surface area contributed by atoms with E-state index in [9.17, 15) is 14.4 Å². The van der Waals surface area contributed by atoms with Gasteiger partial charge in [-0.3, -0.25) is 4.79 Å². The highest BCUT2D eigenvalue weighted by Crippen LogP contribution is 2.36. The predicted molar refractivity (Wildman–Crippen MR) is 187 cm³/mol. The van der Waals surface area contributed by atoms with Gasteiger partial charge in [-0.1, -0.05) is 64.5 Å². The molecule has 1 unspecified atom stereocenters. The number of benzene rings is 5. The van der Waals surface area contributed by atoms with Gasteiger partial charge in [0.1, 0.15) is 11.6 Å². The summed E-state index contributed by atoms with van der Waals surface area (Å²) in [6.07, 6.45) is 0. The summed E-state index contributed by atoms with van der Waals surface area (Å²) < 4.78 is 0. The van der Waals surface area contributed by atoms with Gasteiger partial charge < -0.3 is 14.6 Å². The summed E-state index contributed by atoms with van der Waals surface area (Å²) in [7, 11) is 0. The Morgan fingerprint density at radius 3 is 1.73 bits per heavy atom. The van der Waals surface area contributed by atoms with Crippen molar-refractivity contribution in [2.75, 3.05) is 4.90 Å². The molecule has 8 nitrogen and oxygen atoms in total. The van der Waals surface area contributed by atoms with Crippen LogP contribution >= 0.6 is 11.8 Å². The highest BCUT2D eigenvalue weighted by atomic mass is 32.2. The molecule has 48 heavy (non-hydrogen) atoms. The second kappa shape index (κ2) is 14.3. The molecular formula is C39H31N3O5S. The van der Waals surface area contributed by atoms with E-state index >= 15 is 0 Å². The van der Waals surface area contributed by atoms with Gasteiger partial charge in [0.15, 0.2) is 5.78 Å². The maximum atomic E-state index is 13.4. The highest BCUT2D eigenvalue weighted by molar-refractivity contribution is 7.99. The fourth-order valence-corrected chi connectivity index (χ4v) is 6.00. The normalized spacial score (nSPS) is 14.2. The summed E-state index contributed by atoms with van der Waals surface area (Å²) in [5.41, 5.74) is 6.44. The van der Waals surface area contributed by atoms with E-state index in [4.69, 9.17) is 9.68 Å². The summed E-state index contributed by atoms with van der Waals surface area (Å²) >= 11 is 1.65. The lowest BCUT2D eigenvalue weighted by Crippen LogP contribution is -2.15. The van der Waals surface area contributed by atoms with Crippen LogP contribution < -0.4 is 4.90 Å². The quantitative estimate of drug-likeness (QED) is 0.0644. The molecule has 0 saturated carbocycles. The molecule has 6 rings (SSSR count). The van der Waals surface area contributed by atoms with Crippen LogP contribution in [0, 0.1) is 5.92 Å². The van der Waals surface area contributed by atoms with Crippen LogP contribution in [0.3, 0.4) is 0 Å². The lowest BCUT2D eigenvalue weighted by atomic mass is 9.98. The average molecular weight is 654 g/mol. The average Bonchev–Trinajstić information content (AvgIpc) is 3.45. The summed E-state index contributed by atoms with van der Waals surface area (Å²) in [6, 6.07) is 40.6. The fourth-order valence-electron chi connectivity index (χ4n) is 5.16. The standard InChI is InChI=1S/C39H31N3O5S/c1-25-37(41-47-39(25)45)29-11-19-33(20-12-29)42(32-17-9-28(10-18-32)26(2)40-46-27(3)43)34-21-13-30(14-22-34)38(44)31-15-23-36(24-16-31)48-35-7-5-4-6-8-35/h4-25H,1-3H3/b40-26+. The third-order valence-corrected chi connectivity index (χ3v) is 8.77. The zero-order chi connectivity index (χ0) is 33.6. The topological polar surface area (TPSA) is 97.6 Å². The molecule has 1 aliphatic rings. The molecule has 0 spiro atoms. The Balaban J connectivity index is 1.27. The first-order valence-electron chi connectivity index (χ1n) is 15.3. The van der Waals surface area contributed by atoms with Crippen LogP contribution in [0.25, 0.3) is 0 Å². The van der Waals surface area contributed by atoms with Gasteiger partial charge in [0.2, 0.25) is 0 Å². The third-order valence-electron chi connectivity index (χ3n) is 7.76. The van der Waals surface area contributed by atoms with E-state index in [0.717, 1.165) is 38.0 Å². The zero-order valence-electron chi connectivity index (χ0n) is 26.5. The first-order chi connectivity index (χ1) is 23.3. The van der Waals surface area contributed by atoms with Gasteiger partial charge in [-0.2, -0.15) is 0 Å². The lowest BCUT2D eigenvalue weighted by molar-refractivity contribution is -0.143. The van der Waals surface area contributed by atoms with Crippen molar-refractivity contribution in [3.05, 3.63) is 150 Å². The highest BCUT2D eigenvalue weighted by Gasteiger charge is 2.29. The summed E-state index contributed by atoms with van der Waals surface area (Å²) in [6.45, 7) is 4.83. The van der Waals surface area contributed by atoms with Gasteiger partial charge in [0, 0.05) is 50.5 Å². The number of oxime groups is 2. The molecule has 1 heterocycles. The van der Waals surface area contributed by atoms with E-state index in [1.807, 2.05) is 115 Å². The molecule has 0 bridgehead atoms. The molecule has 0 aromatic heterocycles. The maximum absolute atomic E-state index is 13.4. The van der Waals surface area contributed by atoms with Crippen molar-refractivity contribution in [2.45, 2.75) is 30.6 Å². The van der Waals surface area contributed by atoms with Crippen molar-refractivity contribution < 1.29 is 24.1 Å². The van der Waals surface area contributed by atoms with Crippen LogP contribution in [-0.2, 0) is 19.3 Å². The van der Waals surface area contributed by atoms with Crippen LogP contribution in [0.15, 0.2) is 147 Å². The third kappa shape index (κ3) is 7.27. The van der Waals surface area contributed by atoms with Gasteiger partial charge >= 0.3 is 11.9 Å². The van der Waals surface area contributed by atoms with Crippen molar-refractivity contribution in [1.82, 2.24) is 0 Å². The van der Waals surface area contributed by atoms with E-state index < -0.39 is 11.9 Å². The van der Waals surface area contributed by atoms with Gasteiger partial charge in [-0.25, -0.2) is 9.59 Å². The number of carbonyl (C=O) groups excluding carboxylic acids is 3. The monoisotopic (exact) mass is 653 g/mol. The van der Waals surface area contributed by atoms with Crippen molar-refractivity contribution in [2.24, 2.45) is 16.2 Å². The van der Waals surface area contributed by atoms with Crippen LogP contribution in [0.1, 0.15) is 47.8 Å². The van der Waals surface area contributed by atoms with Crippen molar-refractivity contribution in [3.8, 4) is 0 Å². The summed E-state index contributed by atoms with van der Waals surface area (Å²) in [4.78, 5) is 50.5. The first-order valence-corrected chi connectivity index (χ1v) is 16.1. The molecule has 5 aromatic rings. The number of nitrogens with zero attached hydrogens (tertiary/aromatic N) is 3. The van der Waals surface area contributed by atoms with E-state index in [0.29, 0.717) is 22.6 Å². The predicted octanol–water partition coefficient (Wildman–Crippen LogP) is 8.72. The van der Waals surface area contributed by atoms with Crippen LogP contribution in [-0.4, -0.2) is 29.1 Å². The van der Waals surface area contributed by atoms with Crippen LogP contribution in [0.4, 0.5) is 17.1 Å². The maximum Gasteiger partial charge on any atom is 0.343 e. The molecule has 0 fully saturated rings. The SMILES string of the molecule is CC(=O)O/N=C(\C)c1ccc(N(c2ccc(C(=O)c3ccc(Sc4ccccc4)cc3)cc2)c2ccc(C3=NOC(=O)C3C)cc2)cc1. The number of rotatable bonds is 10. The molecule has 0 aliphatic carbocycles. The van der Waals surface area contributed by atoms with Crippen molar-refractivity contribution >= 4 is 58.0 Å². The molecule has 1 atom stereocenters. The Morgan fingerprint density at radius 1 is 0.708 bits per heavy atom. The zero-order valence-corrected chi connectivity index (χ0v) is 27.3. The number of anilines is 3. The molecule has 0 radical (unpaired) electrons. The minimum Gasteiger partial charge on any atom is -0.318 e. The van der Waals surface area contributed by atoms with Crippen molar-refractivity contribution in [3.63, 3.8) is 0 Å². The van der Waals surface area contributed by atoms with E-state index in [1.54, 1.807) is 25.6 Å². The number of hydrogen-bond donors (Lipinski definition) is 0. The molecular weight excluding hydrogens is 623 g/mol. The summed E-state index contributed by atoms with van der Waals surface area (Å²) in [5.74, 6) is -1.38. The van der Waals surface area contributed by atoms with Gasteiger partial charge in [-0.15, -0.1) is 0 Å². The van der Waals surface area contributed by atoms with Gasteiger partial charge in [-0.05, 0) is 104 Å². The Kier molecular flexibility index (Phi) is 9.59. The fraction of sp³-hybridized carbons (Fsp3) is 0.103. The van der Waals surface area contributed by atoms with E-state index in [1.165, 1.54) is 6.92 Å². The molecule has 0 amide bonds. The molecule has 1 aliphatic heterocycles. The minimum atomic E-state index is -0.490. The minimum absolute atomic E-state index is 0.0659. The van der Waals surface area contributed by atoms with Gasteiger partial charge in [0.25, 0.3) is 0 Å². The Bertz CT molecular complexity index is 2010. The first kappa shape index (κ1) is 32.2. The molecule has 0 saturated heterocycles. The largest absolute Gasteiger partial charge is 0.343 e. The summed E-state index contributed by atoms with van der Waals surface area (Å²) in [5, 5.41) is 7.86. The van der Waals surface area contributed by atoms with Crippen LogP contribution in [0.2, 0.25) is 0 Å². The Labute approximate surface area is 282 Å². The number of hydrogen-bond acceptors (Lipinski definition) is 9. The van der Waals surface area contributed by atoms with E-state index in [-0.39, 0.29) is 11.8 Å². The second-order valence-corrected chi connectivity index (χ2v) is 12.3. The Hall–Kier alpha value is -5.80. The number of carbonyl (C=O) groups is 3. The van der Waals surface area contributed by atoms with E-state index in [2.05, 4.69) is 27.3 Å². The number of ketones is 1.